The Bertz CT molecular complexity index is 1440. The van der Waals surface area contributed by atoms with E-state index in [4.69, 9.17) is 21.1 Å². The van der Waals surface area contributed by atoms with E-state index in [0.29, 0.717) is 32.9 Å². The van der Waals surface area contributed by atoms with E-state index in [2.05, 4.69) is 30.4 Å². The molecule has 1 heterocycles. The van der Waals surface area contributed by atoms with Crippen LogP contribution in [0.15, 0.2) is 71.8 Å². The first-order chi connectivity index (χ1) is 17.3. The Hall–Kier alpha value is -3.68. The molecule has 4 rings (SSSR count). The largest absolute Gasteiger partial charge is 0.483 e. The number of hydrogen-bond donors (Lipinski definition) is 1. The molecule has 0 aliphatic heterocycles. The van der Waals surface area contributed by atoms with Crippen molar-refractivity contribution in [1.82, 2.24) is 5.43 Å². The summed E-state index contributed by atoms with van der Waals surface area (Å²) in [5, 5.41) is 5.17. The number of hydrazone groups is 1. The zero-order chi connectivity index (χ0) is 25.7. The number of ether oxygens (including phenoxy) is 2. The van der Waals surface area contributed by atoms with E-state index in [-0.39, 0.29) is 6.61 Å². The highest BCUT2D eigenvalue weighted by Crippen LogP contribution is 2.36. The zero-order valence-electron chi connectivity index (χ0n) is 20.1. The van der Waals surface area contributed by atoms with E-state index in [1.807, 2.05) is 43.3 Å². The number of esters is 1. The Labute approximate surface area is 218 Å². The lowest BCUT2D eigenvalue weighted by atomic mass is 10.0. The van der Waals surface area contributed by atoms with Crippen molar-refractivity contribution in [1.29, 1.82) is 0 Å². The van der Waals surface area contributed by atoms with Crippen LogP contribution in [0.4, 0.5) is 0 Å². The SMILES string of the molecule is Cc1ccc(C(C)C)cc1OCC(=O)N/N=C/c1ccccc1OC(=O)c1sc2ccccc2c1Cl. The molecule has 0 fully saturated rings. The van der Waals surface area contributed by atoms with Crippen molar-refractivity contribution in [2.24, 2.45) is 5.10 Å². The van der Waals surface area contributed by atoms with Gasteiger partial charge in [-0.1, -0.05) is 67.9 Å². The van der Waals surface area contributed by atoms with Crippen molar-refractivity contribution in [3.8, 4) is 11.5 Å². The maximum Gasteiger partial charge on any atom is 0.355 e. The van der Waals surface area contributed by atoms with E-state index in [9.17, 15) is 9.59 Å². The second-order valence-corrected chi connectivity index (χ2v) is 9.86. The van der Waals surface area contributed by atoms with Gasteiger partial charge < -0.3 is 9.47 Å². The molecule has 0 aliphatic carbocycles. The van der Waals surface area contributed by atoms with Crippen molar-refractivity contribution in [3.05, 3.63) is 93.3 Å². The summed E-state index contributed by atoms with van der Waals surface area (Å²) >= 11 is 7.68. The number of fused-ring (bicyclic) bond motifs is 1. The predicted molar refractivity (Wildman–Crippen MR) is 145 cm³/mol. The highest BCUT2D eigenvalue weighted by molar-refractivity contribution is 7.21. The molecular weight excluding hydrogens is 496 g/mol. The molecule has 0 bridgehead atoms. The van der Waals surface area contributed by atoms with E-state index >= 15 is 0 Å². The Balaban J connectivity index is 1.38. The van der Waals surface area contributed by atoms with Crippen LogP contribution >= 0.6 is 22.9 Å². The van der Waals surface area contributed by atoms with Crippen molar-refractivity contribution in [2.45, 2.75) is 26.7 Å². The molecule has 4 aromatic rings. The number of amides is 1. The highest BCUT2D eigenvalue weighted by atomic mass is 35.5. The summed E-state index contributed by atoms with van der Waals surface area (Å²) in [5.41, 5.74) is 5.05. The second-order valence-electron chi connectivity index (χ2n) is 8.43. The smallest absolute Gasteiger partial charge is 0.355 e. The predicted octanol–water partition coefficient (Wildman–Crippen LogP) is 6.73. The fourth-order valence-electron chi connectivity index (χ4n) is 3.45. The number of nitrogens with zero attached hydrogens (tertiary/aromatic N) is 1. The summed E-state index contributed by atoms with van der Waals surface area (Å²) in [6.45, 7) is 5.95. The molecule has 0 unspecified atom stereocenters. The Morgan fingerprint density at radius 1 is 1.06 bits per heavy atom. The molecule has 36 heavy (non-hydrogen) atoms. The van der Waals surface area contributed by atoms with Gasteiger partial charge in [0.1, 0.15) is 16.4 Å². The summed E-state index contributed by atoms with van der Waals surface area (Å²) < 4.78 is 12.2. The first-order valence-corrected chi connectivity index (χ1v) is 12.6. The van der Waals surface area contributed by atoms with E-state index in [1.165, 1.54) is 17.6 Å². The average Bonchev–Trinajstić information content (AvgIpc) is 3.21. The number of halogens is 1. The third-order valence-corrected chi connectivity index (χ3v) is 7.13. The van der Waals surface area contributed by atoms with Gasteiger partial charge in [-0.3, -0.25) is 4.79 Å². The van der Waals surface area contributed by atoms with Gasteiger partial charge in [-0.05, 0) is 48.2 Å². The lowest BCUT2D eigenvalue weighted by Crippen LogP contribution is -2.24. The molecule has 8 heteroatoms. The monoisotopic (exact) mass is 520 g/mol. The molecule has 0 spiro atoms. The molecule has 1 aromatic heterocycles. The quantitative estimate of drug-likeness (QED) is 0.121. The lowest BCUT2D eigenvalue weighted by molar-refractivity contribution is -0.123. The number of benzene rings is 3. The van der Waals surface area contributed by atoms with Crippen LogP contribution in [-0.4, -0.2) is 24.7 Å². The van der Waals surface area contributed by atoms with Crippen LogP contribution in [0, 0.1) is 6.92 Å². The first kappa shape index (κ1) is 25.4. The molecule has 0 atom stereocenters. The minimum Gasteiger partial charge on any atom is -0.483 e. The average molecular weight is 521 g/mol. The summed E-state index contributed by atoms with van der Waals surface area (Å²) in [6.07, 6.45) is 1.41. The third kappa shape index (κ3) is 5.93. The Kier molecular flexibility index (Phi) is 8.03. The standard InChI is InChI=1S/C28H25ClN2O4S/c1-17(2)19-13-12-18(3)23(14-19)34-16-25(32)31-30-15-20-8-4-6-10-22(20)35-28(33)27-26(29)21-9-5-7-11-24(21)36-27/h4-15,17H,16H2,1-3H3,(H,31,32)/b30-15+. The van der Waals surface area contributed by atoms with E-state index < -0.39 is 11.9 Å². The number of nitrogens with one attached hydrogen (secondary N) is 1. The minimum absolute atomic E-state index is 0.180. The van der Waals surface area contributed by atoms with Crippen LogP contribution in [-0.2, 0) is 4.79 Å². The fraction of sp³-hybridized carbons (Fsp3) is 0.179. The van der Waals surface area contributed by atoms with Gasteiger partial charge >= 0.3 is 5.97 Å². The van der Waals surface area contributed by atoms with Crippen molar-refractivity contribution < 1.29 is 19.1 Å². The molecule has 3 aromatic carbocycles. The normalized spacial score (nSPS) is 11.2. The molecule has 1 amide bonds. The molecule has 0 saturated heterocycles. The maximum atomic E-state index is 12.8. The third-order valence-electron chi connectivity index (χ3n) is 5.47. The van der Waals surface area contributed by atoms with Gasteiger partial charge in [-0.25, -0.2) is 10.2 Å². The van der Waals surface area contributed by atoms with Crippen molar-refractivity contribution >= 4 is 51.1 Å². The van der Waals surface area contributed by atoms with Gasteiger partial charge in [0.15, 0.2) is 6.61 Å². The van der Waals surface area contributed by atoms with E-state index in [1.54, 1.807) is 24.3 Å². The van der Waals surface area contributed by atoms with Gasteiger partial charge in [-0.2, -0.15) is 5.10 Å². The molecular formula is C28H25ClN2O4S. The first-order valence-electron chi connectivity index (χ1n) is 11.4. The molecule has 1 N–H and O–H groups in total. The van der Waals surface area contributed by atoms with Crippen LogP contribution in [0.25, 0.3) is 10.1 Å². The number of para-hydroxylation sites is 1. The number of carbonyl (C=O) groups excluding carboxylic acids is 2. The van der Waals surface area contributed by atoms with Gasteiger partial charge in [0.05, 0.1) is 11.2 Å². The van der Waals surface area contributed by atoms with E-state index in [0.717, 1.165) is 21.2 Å². The molecule has 184 valence electrons. The fourth-order valence-corrected chi connectivity index (χ4v) is 4.84. The van der Waals surface area contributed by atoms with Gasteiger partial charge in [0.2, 0.25) is 0 Å². The lowest BCUT2D eigenvalue weighted by Gasteiger charge is -2.12. The van der Waals surface area contributed by atoms with Crippen LogP contribution in [0.5, 0.6) is 11.5 Å². The number of carbonyl (C=O) groups is 2. The van der Waals surface area contributed by atoms with Crippen LogP contribution < -0.4 is 14.9 Å². The van der Waals surface area contributed by atoms with Crippen molar-refractivity contribution in [2.75, 3.05) is 6.61 Å². The topological polar surface area (TPSA) is 77.0 Å². The molecule has 0 aliphatic rings. The molecule has 0 saturated carbocycles. The van der Waals surface area contributed by atoms with Gasteiger partial charge in [-0.15, -0.1) is 11.3 Å². The Morgan fingerprint density at radius 2 is 1.81 bits per heavy atom. The summed E-state index contributed by atoms with van der Waals surface area (Å²) in [5.74, 6) is 0.352. The highest BCUT2D eigenvalue weighted by Gasteiger charge is 2.19. The maximum absolute atomic E-state index is 12.8. The number of hydrogen-bond acceptors (Lipinski definition) is 6. The molecule has 0 radical (unpaired) electrons. The number of rotatable bonds is 8. The van der Waals surface area contributed by atoms with Gasteiger partial charge in [0.25, 0.3) is 5.91 Å². The summed E-state index contributed by atoms with van der Waals surface area (Å²) in [7, 11) is 0. The van der Waals surface area contributed by atoms with Crippen LogP contribution in [0.2, 0.25) is 5.02 Å². The van der Waals surface area contributed by atoms with Crippen molar-refractivity contribution in [3.63, 3.8) is 0 Å². The molecule has 6 nitrogen and oxygen atoms in total. The summed E-state index contributed by atoms with van der Waals surface area (Å²) in [4.78, 5) is 25.4. The number of thiophene rings is 1. The summed E-state index contributed by atoms with van der Waals surface area (Å²) in [6, 6.07) is 20.4. The second kappa shape index (κ2) is 11.4. The van der Waals surface area contributed by atoms with Crippen LogP contribution in [0.3, 0.4) is 0 Å². The number of aryl methyl sites for hydroxylation is 1. The van der Waals surface area contributed by atoms with Crippen LogP contribution in [0.1, 0.15) is 46.1 Å². The zero-order valence-corrected chi connectivity index (χ0v) is 21.7. The Morgan fingerprint density at radius 3 is 2.58 bits per heavy atom. The van der Waals surface area contributed by atoms with Gasteiger partial charge in [0, 0.05) is 15.6 Å². The minimum atomic E-state index is -0.557.